The van der Waals surface area contributed by atoms with E-state index in [0.717, 1.165) is 36.4 Å². The molecule has 2 rings (SSSR count). The highest BCUT2D eigenvalue weighted by atomic mass is 16.1. The Labute approximate surface area is 144 Å². The van der Waals surface area contributed by atoms with E-state index in [9.17, 15) is 4.79 Å². The van der Waals surface area contributed by atoms with E-state index >= 15 is 0 Å². The van der Waals surface area contributed by atoms with Crippen molar-refractivity contribution in [3.63, 3.8) is 0 Å². The number of hydrogen-bond donors (Lipinski definition) is 1. The summed E-state index contributed by atoms with van der Waals surface area (Å²) in [5, 5.41) is 2.87. The smallest absolute Gasteiger partial charge is 0.274 e. The van der Waals surface area contributed by atoms with Gasteiger partial charge in [-0.15, -0.1) is 0 Å². The number of unbranched alkanes of at least 4 members (excludes halogenated alkanes) is 1. The highest BCUT2D eigenvalue weighted by molar-refractivity contribution is 6.03. The minimum absolute atomic E-state index is 0.199. The molecule has 24 heavy (non-hydrogen) atoms. The summed E-state index contributed by atoms with van der Waals surface area (Å²) < 4.78 is 0. The quantitative estimate of drug-likeness (QED) is 0.844. The first-order valence-corrected chi connectivity index (χ1v) is 8.27. The summed E-state index contributed by atoms with van der Waals surface area (Å²) in [6.45, 7) is 3.16. The summed E-state index contributed by atoms with van der Waals surface area (Å²) in [7, 11) is 6.01. The third-order valence-electron chi connectivity index (χ3n) is 3.91. The number of carbonyl (C=O) groups is 1. The molecule has 1 N–H and O–H groups in total. The van der Waals surface area contributed by atoms with Crippen LogP contribution in [0, 0.1) is 0 Å². The molecular formula is C19H26N4O. The predicted molar refractivity (Wildman–Crippen MR) is 101 cm³/mol. The number of nitrogens with one attached hydrogen (secondary N) is 1. The Balaban J connectivity index is 1.99. The van der Waals surface area contributed by atoms with Crippen LogP contribution >= 0.6 is 0 Å². The van der Waals surface area contributed by atoms with Gasteiger partial charge in [0.2, 0.25) is 0 Å². The first-order chi connectivity index (χ1) is 11.5. The van der Waals surface area contributed by atoms with Gasteiger partial charge in [0.15, 0.2) is 0 Å². The molecule has 0 saturated heterocycles. The van der Waals surface area contributed by atoms with E-state index in [-0.39, 0.29) is 5.91 Å². The number of benzene rings is 1. The van der Waals surface area contributed by atoms with Crippen LogP contribution in [0.15, 0.2) is 42.6 Å². The Morgan fingerprint density at radius 2 is 1.71 bits per heavy atom. The molecule has 0 bridgehead atoms. The van der Waals surface area contributed by atoms with E-state index < -0.39 is 0 Å². The largest absolute Gasteiger partial charge is 0.378 e. The van der Waals surface area contributed by atoms with Crippen LogP contribution in [0.2, 0.25) is 0 Å². The van der Waals surface area contributed by atoms with E-state index in [1.54, 1.807) is 12.3 Å². The third-order valence-corrected chi connectivity index (χ3v) is 3.91. The van der Waals surface area contributed by atoms with Gasteiger partial charge in [-0.1, -0.05) is 13.3 Å². The van der Waals surface area contributed by atoms with Gasteiger partial charge in [0.25, 0.3) is 5.91 Å². The Morgan fingerprint density at radius 1 is 1.04 bits per heavy atom. The van der Waals surface area contributed by atoms with Crippen molar-refractivity contribution in [1.82, 2.24) is 4.98 Å². The van der Waals surface area contributed by atoms with Crippen molar-refractivity contribution in [2.45, 2.75) is 19.8 Å². The van der Waals surface area contributed by atoms with Gasteiger partial charge in [0.05, 0.1) is 11.9 Å². The van der Waals surface area contributed by atoms with Crippen LogP contribution in [0.5, 0.6) is 0 Å². The lowest BCUT2D eigenvalue weighted by Crippen LogP contribution is -2.19. The first-order valence-electron chi connectivity index (χ1n) is 8.27. The average Bonchev–Trinajstić information content (AvgIpc) is 2.60. The summed E-state index contributed by atoms with van der Waals surface area (Å²) in [4.78, 5) is 20.7. The first kappa shape index (κ1) is 17.8. The van der Waals surface area contributed by atoms with Crippen molar-refractivity contribution < 1.29 is 4.79 Å². The second-order valence-electron chi connectivity index (χ2n) is 6.07. The van der Waals surface area contributed by atoms with Gasteiger partial charge >= 0.3 is 0 Å². The van der Waals surface area contributed by atoms with Crippen LogP contribution in [0.1, 0.15) is 30.3 Å². The minimum Gasteiger partial charge on any atom is -0.378 e. The molecule has 5 heteroatoms. The molecule has 1 amide bonds. The molecule has 0 aliphatic heterocycles. The Hall–Kier alpha value is -2.56. The summed E-state index contributed by atoms with van der Waals surface area (Å²) >= 11 is 0. The Morgan fingerprint density at radius 3 is 2.25 bits per heavy atom. The van der Waals surface area contributed by atoms with Crippen LogP contribution in [-0.4, -0.2) is 38.6 Å². The van der Waals surface area contributed by atoms with Crippen LogP contribution in [-0.2, 0) is 0 Å². The van der Waals surface area contributed by atoms with Crippen molar-refractivity contribution >= 4 is 23.0 Å². The molecule has 0 spiro atoms. The minimum atomic E-state index is -0.199. The lowest BCUT2D eigenvalue weighted by Gasteiger charge is -2.18. The maximum atomic E-state index is 12.3. The number of amides is 1. The number of carbonyl (C=O) groups excluding carboxylic acids is 1. The van der Waals surface area contributed by atoms with Gasteiger partial charge in [-0.2, -0.15) is 0 Å². The molecule has 2 aromatic rings. The second kappa shape index (κ2) is 8.34. The molecule has 0 atom stereocenters. The van der Waals surface area contributed by atoms with Crippen molar-refractivity contribution in [2.75, 3.05) is 42.8 Å². The number of hydrogen-bond acceptors (Lipinski definition) is 4. The maximum Gasteiger partial charge on any atom is 0.274 e. The van der Waals surface area contributed by atoms with Crippen LogP contribution in [0.4, 0.5) is 17.1 Å². The molecule has 0 unspecified atom stereocenters. The van der Waals surface area contributed by atoms with Gasteiger partial charge in [0, 0.05) is 39.1 Å². The molecule has 1 heterocycles. The highest BCUT2D eigenvalue weighted by Gasteiger charge is 2.09. The zero-order valence-electron chi connectivity index (χ0n) is 14.9. The highest BCUT2D eigenvalue weighted by Crippen LogP contribution is 2.17. The molecule has 1 aromatic heterocycles. The normalized spacial score (nSPS) is 10.3. The standard InChI is InChI=1S/C19H26N4O/c1-5-6-13-23(4)17-11-12-18(20-14-17)19(24)21-15-7-9-16(10-8-15)22(2)3/h7-12,14H,5-6,13H2,1-4H3,(H,21,24). The summed E-state index contributed by atoms with van der Waals surface area (Å²) in [6, 6.07) is 11.4. The lowest BCUT2D eigenvalue weighted by atomic mass is 10.2. The molecule has 0 aliphatic rings. The maximum absolute atomic E-state index is 12.3. The molecule has 1 aromatic carbocycles. The van der Waals surface area contributed by atoms with Crippen molar-refractivity contribution in [3.05, 3.63) is 48.3 Å². The molecular weight excluding hydrogens is 300 g/mol. The summed E-state index contributed by atoms with van der Waals surface area (Å²) in [6.07, 6.45) is 4.05. The SMILES string of the molecule is CCCCN(C)c1ccc(C(=O)Nc2ccc(N(C)C)cc2)nc1. The number of anilines is 3. The van der Waals surface area contributed by atoms with Gasteiger partial charge in [-0.3, -0.25) is 4.79 Å². The zero-order chi connectivity index (χ0) is 17.5. The lowest BCUT2D eigenvalue weighted by molar-refractivity contribution is 0.102. The van der Waals surface area contributed by atoms with E-state index in [0.29, 0.717) is 5.69 Å². The molecule has 0 radical (unpaired) electrons. The Bertz CT molecular complexity index is 650. The number of aromatic nitrogens is 1. The summed E-state index contributed by atoms with van der Waals surface area (Å²) in [5.41, 5.74) is 3.29. The fourth-order valence-electron chi connectivity index (χ4n) is 2.31. The number of nitrogens with zero attached hydrogens (tertiary/aromatic N) is 3. The second-order valence-corrected chi connectivity index (χ2v) is 6.07. The van der Waals surface area contributed by atoms with Crippen molar-refractivity contribution in [2.24, 2.45) is 0 Å². The van der Waals surface area contributed by atoms with E-state index in [4.69, 9.17) is 0 Å². The zero-order valence-corrected chi connectivity index (χ0v) is 14.9. The van der Waals surface area contributed by atoms with Crippen LogP contribution < -0.4 is 15.1 Å². The topological polar surface area (TPSA) is 48.5 Å². The predicted octanol–water partition coefficient (Wildman–Crippen LogP) is 3.64. The molecule has 0 aliphatic carbocycles. The van der Waals surface area contributed by atoms with Crippen molar-refractivity contribution in [3.8, 4) is 0 Å². The van der Waals surface area contributed by atoms with E-state index in [2.05, 4.69) is 22.1 Å². The molecule has 5 nitrogen and oxygen atoms in total. The van der Waals surface area contributed by atoms with E-state index in [1.165, 1.54) is 0 Å². The fraction of sp³-hybridized carbons (Fsp3) is 0.368. The van der Waals surface area contributed by atoms with E-state index in [1.807, 2.05) is 56.4 Å². The molecule has 0 saturated carbocycles. The Kier molecular flexibility index (Phi) is 6.18. The monoisotopic (exact) mass is 326 g/mol. The molecule has 0 fully saturated rings. The molecule has 128 valence electrons. The van der Waals surface area contributed by atoms with Crippen LogP contribution in [0.3, 0.4) is 0 Å². The number of pyridine rings is 1. The van der Waals surface area contributed by atoms with Gasteiger partial charge in [-0.05, 0) is 42.8 Å². The van der Waals surface area contributed by atoms with Crippen molar-refractivity contribution in [1.29, 1.82) is 0 Å². The van der Waals surface area contributed by atoms with Gasteiger partial charge < -0.3 is 15.1 Å². The van der Waals surface area contributed by atoms with Gasteiger partial charge in [0.1, 0.15) is 5.69 Å². The third kappa shape index (κ3) is 4.72. The van der Waals surface area contributed by atoms with Gasteiger partial charge in [-0.25, -0.2) is 4.98 Å². The summed E-state index contributed by atoms with van der Waals surface area (Å²) in [5.74, 6) is -0.199. The average molecular weight is 326 g/mol. The number of rotatable bonds is 7. The van der Waals surface area contributed by atoms with Crippen LogP contribution in [0.25, 0.3) is 0 Å². The fourth-order valence-corrected chi connectivity index (χ4v) is 2.31.